The van der Waals surface area contributed by atoms with E-state index in [0.717, 1.165) is 58.3 Å². The van der Waals surface area contributed by atoms with E-state index < -0.39 is 0 Å². The Morgan fingerprint density at radius 3 is 2.62 bits per heavy atom. The SMILES string of the molecule is CCNC(=NCC1CCCN1Cc1ccccc1)N1CCN(CC(=O)NCCOC)CC1. The fraction of sp³-hybridized carbons (Fsp3) is 0.667. The lowest BCUT2D eigenvalue weighted by molar-refractivity contribution is -0.122. The average molecular weight is 445 g/mol. The van der Waals surface area contributed by atoms with E-state index in [4.69, 9.17) is 9.73 Å². The van der Waals surface area contributed by atoms with Crippen molar-refractivity contribution < 1.29 is 9.53 Å². The second kappa shape index (κ2) is 13.4. The molecule has 8 nitrogen and oxygen atoms in total. The molecule has 2 fully saturated rings. The zero-order chi connectivity index (χ0) is 22.6. The summed E-state index contributed by atoms with van der Waals surface area (Å²) in [5, 5.41) is 6.37. The van der Waals surface area contributed by atoms with Crippen LogP contribution < -0.4 is 10.6 Å². The van der Waals surface area contributed by atoms with Crippen LogP contribution >= 0.6 is 0 Å². The summed E-state index contributed by atoms with van der Waals surface area (Å²) in [6.45, 7) is 11.0. The van der Waals surface area contributed by atoms with Crippen molar-refractivity contribution in [2.75, 3.05) is 72.6 Å². The van der Waals surface area contributed by atoms with E-state index in [1.165, 1.54) is 18.4 Å². The number of benzene rings is 1. The summed E-state index contributed by atoms with van der Waals surface area (Å²) in [6.07, 6.45) is 2.45. The van der Waals surface area contributed by atoms with Gasteiger partial charge in [-0.1, -0.05) is 30.3 Å². The first-order valence-corrected chi connectivity index (χ1v) is 12.0. The van der Waals surface area contributed by atoms with Crippen LogP contribution in [0.25, 0.3) is 0 Å². The van der Waals surface area contributed by atoms with Crippen molar-refractivity contribution in [3.63, 3.8) is 0 Å². The monoisotopic (exact) mass is 444 g/mol. The van der Waals surface area contributed by atoms with Gasteiger partial charge in [0.25, 0.3) is 0 Å². The normalized spacial score (nSPS) is 20.5. The molecule has 2 aliphatic rings. The van der Waals surface area contributed by atoms with Gasteiger partial charge in [-0.15, -0.1) is 0 Å². The minimum absolute atomic E-state index is 0.0656. The number of nitrogens with one attached hydrogen (secondary N) is 2. The third kappa shape index (κ3) is 7.76. The van der Waals surface area contributed by atoms with Crippen LogP contribution in [0.1, 0.15) is 25.3 Å². The van der Waals surface area contributed by atoms with E-state index in [1.54, 1.807) is 7.11 Å². The average Bonchev–Trinajstić information content (AvgIpc) is 3.25. The third-order valence-corrected chi connectivity index (χ3v) is 6.18. The molecule has 2 aliphatic heterocycles. The molecule has 32 heavy (non-hydrogen) atoms. The van der Waals surface area contributed by atoms with Gasteiger partial charge in [0.05, 0.1) is 19.7 Å². The minimum Gasteiger partial charge on any atom is -0.383 e. The largest absolute Gasteiger partial charge is 0.383 e. The Kier molecular flexibility index (Phi) is 10.3. The fourth-order valence-corrected chi connectivity index (χ4v) is 4.41. The van der Waals surface area contributed by atoms with Crippen LogP contribution in [0.4, 0.5) is 0 Å². The number of ether oxygens (including phenoxy) is 1. The Balaban J connectivity index is 1.48. The zero-order valence-electron chi connectivity index (χ0n) is 19.8. The molecular weight excluding hydrogens is 404 g/mol. The number of carbonyl (C=O) groups is 1. The maximum absolute atomic E-state index is 12.1. The van der Waals surface area contributed by atoms with Crippen molar-refractivity contribution in [2.24, 2.45) is 4.99 Å². The number of carbonyl (C=O) groups excluding carboxylic acids is 1. The van der Waals surface area contributed by atoms with E-state index in [0.29, 0.717) is 25.7 Å². The predicted molar refractivity (Wildman–Crippen MR) is 129 cm³/mol. The Morgan fingerprint density at radius 2 is 1.91 bits per heavy atom. The topological polar surface area (TPSA) is 72.4 Å². The molecule has 3 rings (SSSR count). The molecule has 2 N–H and O–H groups in total. The van der Waals surface area contributed by atoms with Crippen molar-refractivity contribution in [1.82, 2.24) is 25.3 Å². The van der Waals surface area contributed by atoms with Crippen molar-refractivity contribution in [1.29, 1.82) is 0 Å². The number of likely N-dealkylation sites (tertiary alicyclic amines) is 1. The van der Waals surface area contributed by atoms with E-state index >= 15 is 0 Å². The molecule has 0 bridgehead atoms. The van der Waals surface area contributed by atoms with Crippen LogP contribution in [-0.4, -0.2) is 105 Å². The first-order valence-electron chi connectivity index (χ1n) is 12.0. The van der Waals surface area contributed by atoms with Crippen molar-refractivity contribution in [2.45, 2.75) is 32.4 Å². The molecule has 0 spiro atoms. The fourth-order valence-electron chi connectivity index (χ4n) is 4.41. The molecule has 0 radical (unpaired) electrons. The summed E-state index contributed by atoms with van der Waals surface area (Å²) in [7, 11) is 1.64. The van der Waals surface area contributed by atoms with Gasteiger partial charge in [0.1, 0.15) is 0 Å². The van der Waals surface area contributed by atoms with Crippen molar-refractivity contribution >= 4 is 11.9 Å². The quantitative estimate of drug-likeness (QED) is 0.319. The Hall–Kier alpha value is -2.16. The van der Waals surface area contributed by atoms with Crippen LogP contribution in [0.15, 0.2) is 35.3 Å². The molecule has 178 valence electrons. The van der Waals surface area contributed by atoms with Crippen LogP contribution in [-0.2, 0) is 16.1 Å². The van der Waals surface area contributed by atoms with Gasteiger partial charge in [-0.2, -0.15) is 0 Å². The van der Waals surface area contributed by atoms with E-state index in [-0.39, 0.29) is 5.91 Å². The minimum atomic E-state index is 0.0656. The highest BCUT2D eigenvalue weighted by molar-refractivity contribution is 5.80. The van der Waals surface area contributed by atoms with Gasteiger partial charge in [-0.3, -0.25) is 19.6 Å². The van der Waals surface area contributed by atoms with Crippen LogP contribution in [0.5, 0.6) is 0 Å². The Labute approximate surface area is 193 Å². The number of hydrogen-bond acceptors (Lipinski definition) is 5. The summed E-state index contributed by atoms with van der Waals surface area (Å²) < 4.78 is 4.98. The standard InChI is InChI=1S/C24H40N6O2/c1-3-25-24(29-15-13-28(14-16-29)20-23(31)26-11-17-32-2)27-18-22-10-7-12-30(22)19-21-8-5-4-6-9-21/h4-6,8-9,22H,3,7,10-20H2,1-2H3,(H,25,27)(H,26,31). The van der Waals surface area contributed by atoms with E-state index in [2.05, 4.69) is 62.6 Å². The zero-order valence-corrected chi connectivity index (χ0v) is 19.8. The molecule has 1 aromatic rings. The number of guanidine groups is 1. The highest BCUT2D eigenvalue weighted by atomic mass is 16.5. The van der Waals surface area contributed by atoms with Crippen LogP contribution in [0.3, 0.4) is 0 Å². The highest BCUT2D eigenvalue weighted by Gasteiger charge is 2.25. The molecule has 0 saturated carbocycles. The summed E-state index contributed by atoms with van der Waals surface area (Å²) in [5.74, 6) is 1.07. The van der Waals surface area contributed by atoms with Crippen LogP contribution in [0, 0.1) is 0 Å². The van der Waals surface area contributed by atoms with Gasteiger partial charge in [0, 0.05) is 59.0 Å². The number of aliphatic imine (C=N–C) groups is 1. The van der Waals surface area contributed by atoms with Gasteiger partial charge in [-0.05, 0) is 31.9 Å². The first-order chi connectivity index (χ1) is 15.7. The molecule has 2 saturated heterocycles. The number of rotatable bonds is 10. The molecule has 2 heterocycles. The third-order valence-electron chi connectivity index (χ3n) is 6.18. The lowest BCUT2D eigenvalue weighted by atomic mass is 10.2. The van der Waals surface area contributed by atoms with Gasteiger partial charge in [0.2, 0.25) is 5.91 Å². The Morgan fingerprint density at radius 1 is 1.12 bits per heavy atom. The lowest BCUT2D eigenvalue weighted by Crippen LogP contribution is -2.54. The van der Waals surface area contributed by atoms with Crippen molar-refractivity contribution in [3.8, 4) is 0 Å². The second-order valence-corrected chi connectivity index (χ2v) is 8.55. The molecule has 1 atom stereocenters. The number of piperazine rings is 1. The highest BCUT2D eigenvalue weighted by Crippen LogP contribution is 2.20. The van der Waals surface area contributed by atoms with E-state index in [1.807, 2.05) is 0 Å². The summed E-state index contributed by atoms with van der Waals surface area (Å²) in [5.41, 5.74) is 1.37. The van der Waals surface area contributed by atoms with Gasteiger partial charge >= 0.3 is 0 Å². The van der Waals surface area contributed by atoms with Crippen molar-refractivity contribution in [3.05, 3.63) is 35.9 Å². The van der Waals surface area contributed by atoms with Crippen LogP contribution in [0.2, 0.25) is 0 Å². The van der Waals surface area contributed by atoms with Gasteiger partial charge in [-0.25, -0.2) is 0 Å². The second-order valence-electron chi connectivity index (χ2n) is 8.55. The lowest BCUT2D eigenvalue weighted by Gasteiger charge is -2.36. The molecule has 1 aromatic carbocycles. The molecule has 0 aromatic heterocycles. The molecule has 8 heteroatoms. The van der Waals surface area contributed by atoms with E-state index in [9.17, 15) is 4.79 Å². The number of methoxy groups -OCH3 is 1. The summed E-state index contributed by atoms with van der Waals surface area (Å²) in [4.78, 5) is 24.2. The molecule has 1 unspecified atom stereocenters. The smallest absolute Gasteiger partial charge is 0.234 e. The molecule has 0 aliphatic carbocycles. The molecular formula is C24H40N6O2. The number of nitrogens with zero attached hydrogens (tertiary/aromatic N) is 4. The maximum Gasteiger partial charge on any atom is 0.234 e. The molecule has 1 amide bonds. The number of amides is 1. The summed E-state index contributed by atoms with van der Waals surface area (Å²) in [6, 6.07) is 11.2. The Bertz CT molecular complexity index is 706. The summed E-state index contributed by atoms with van der Waals surface area (Å²) >= 11 is 0. The number of hydrogen-bond donors (Lipinski definition) is 2. The maximum atomic E-state index is 12.1. The van der Waals surface area contributed by atoms with Gasteiger partial charge < -0.3 is 20.3 Å². The van der Waals surface area contributed by atoms with Gasteiger partial charge in [0.15, 0.2) is 5.96 Å². The predicted octanol–water partition coefficient (Wildman–Crippen LogP) is 0.997. The first kappa shape index (κ1) is 24.5.